The normalized spacial score (nSPS) is 19.9. The summed E-state index contributed by atoms with van der Waals surface area (Å²) in [6.45, 7) is 9.43. The number of hydrazine groups is 1. The zero-order chi connectivity index (χ0) is 18.8. The number of likely N-dealkylation sites (N-methyl/N-ethyl adjacent to an activating group) is 1. The van der Waals surface area contributed by atoms with Gasteiger partial charge in [0.1, 0.15) is 5.60 Å². The first-order valence-corrected chi connectivity index (χ1v) is 9.57. The van der Waals surface area contributed by atoms with Gasteiger partial charge in [-0.05, 0) is 65.9 Å². The highest BCUT2D eigenvalue weighted by Crippen LogP contribution is 2.29. The molecule has 1 aromatic rings. The Morgan fingerprint density at radius 3 is 2.56 bits per heavy atom. The van der Waals surface area contributed by atoms with Crippen LogP contribution in [0.4, 0.5) is 4.79 Å². The van der Waals surface area contributed by atoms with Crippen molar-refractivity contribution in [2.75, 3.05) is 27.2 Å². The van der Waals surface area contributed by atoms with E-state index in [1.807, 2.05) is 39.0 Å². The summed E-state index contributed by atoms with van der Waals surface area (Å²) in [5.74, 6) is 0. The number of carbonyl (C=O) groups excluding carboxylic acids is 1. The molecule has 1 heterocycles. The van der Waals surface area contributed by atoms with Gasteiger partial charge in [0, 0.05) is 23.6 Å². The van der Waals surface area contributed by atoms with Gasteiger partial charge in [0.05, 0.1) is 6.04 Å². The maximum Gasteiger partial charge on any atom is 0.425 e. The van der Waals surface area contributed by atoms with Crippen molar-refractivity contribution < 1.29 is 9.53 Å². The highest BCUT2D eigenvalue weighted by molar-refractivity contribution is 9.10. The molecule has 1 amide bonds. The second kappa shape index (κ2) is 8.06. The number of amides is 1. The first-order chi connectivity index (χ1) is 11.6. The largest absolute Gasteiger partial charge is 0.443 e. The Balaban J connectivity index is 2.27. The van der Waals surface area contributed by atoms with Crippen LogP contribution in [0.25, 0.3) is 0 Å². The minimum absolute atomic E-state index is 0.103. The number of nitrogens with zero attached hydrogens (tertiary/aromatic N) is 3. The summed E-state index contributed by atoms with van der Waals surface area (Å²) >= 11 is 3.52. The van der Waals surface area contributed by atoms with Crippen LogP contribution in [0.3, 0.4) is 0 Å². The van der Waals surface area contributed by atoms with Gasteiger partial charge in [0.25, 0.3) is 0 Å². The number of hydrogen-bond acceptors (Lipinski definition) is 4. The summed E-state index contributed by atoms with van der Waals surface area (Å²) in [6, 6.07) is 8.43. The molecule has 2 rings (SSSR count). The van der Waals surface area contributed by atoms with E-state index >= 15 is 0 Å². The van der Waals surface area contributed by atoms with Crippen molar-refractivity contribution in [2.45, 2.75) is 51.8 Å². The zero-order valence-corrected chi connectivity index (χ0v) is 17.7. The summed E-state index contributed by atoms with van der Waals surface area (Å²) in [4.78, 5) is 15.2. The molecule has 0 aromatic heterocycles. The smallest absolute Gasteiger partial charge is 0.425 e. The van der Waals surface area contributed by atoms with Gasteiger partial charge in [-0.1, -0.05) is 28.1 Å². The third-order valence-electron chi connectivity index (χ3n) is 4.46. The fraction of sp³-hybridized carbons (Fsp3) is 0.632. The number of carbonyl (C=O) groups is 1. The van der Waals surface area contributed by atoms with Crippen LogP contribution in [0.5, 0.6) is 0 Å². The van der Waals surface area contributed by atoms with Crippen LogP contribution in [-0.2, 0) is 4.74 Å². The number of benzene rings is 1. The predicted octanol–water partition coefficient (Wildman–Crippen LogP) is 4.30. The van der Waals surface area contributed by atoms with E-state index in [0.29, 0.717) is 6.04 Å². The van der Waals surface area contributed by atoms with Crippen LogP contribution in [0, 0.1) is 0 Å². The number of ether oxygens (including phenoxy) is 1. The molecule has 1 saturated heterocycles. The van der Waals surface area contributed by atoms with Crippen molar-refractivity contribution in [2.24, 2.45) is 0 Å². The van der Waals surface area contributed by atoms with Crippen molar-refractivity contribution in [3.63, 3.8) is 0 Å². The molecule has 0 aliphatic carbocycles. The van der Waals surface area contributed by atoms with E-state index in [1.165, 1.54) is 0 Å². The van der Waals surface area contributed by atoms with Gasteiger partial charge < -0.3 is 9.64 Å². The Bertz CT molecular complexity index is 601. The third-order valence-corrected chi connectivity index (χ3v) is 4.95. The summed E-state index contributed by atoms with van der Waals surface area (Å²) < 4.78 is 6.71. The Labute approximate surface area is 160 Å². The number of rotatable bonds is 4. The highest BCUT2D eigenvalue weighted by Gasteiger charge is 2.36. The Morgan fingerprint density at radius 1 is 1.36 bits per heavy atom. The summed E-state index contributed by atoms with van der Waals surface area (Å²) in [7, 11) is 4.17. The van der Waals surface area contributed by atoms with Crippen LogP contribution in [0.15, 0.2) is 28.7 Å². The molecule has 0 N–H and O–H groups in total. The van der Waals surface area contributed by atoms with Gasteiger partial charge >= 0.3 is 6.09 Å². The molecule has 0 bridgehead atoms. The van der Waals surface area contributed by atoms with E-state index in [-0.39, 0.29) is 12.1 Å². The average molecular weight is 412 g/mol. The lowest BCUT2D eigenvalue weighted by Crippen LogP contribution is -2.49. The maximum atomic E-state index is 13.0. The predicted molar refractivity (Wildman–Crippen MR) is 104 cm³/mol. The third kappa shape index (κ3) is 5.43. The first kappa shape index (κ1) is 20.2. The SMILES string of the molecule is C[C@@H](c1cccc(Br)c1)N(C(=O)OC(C)(C)C)N1CC[C@@H](N(C)C)C1. The first-order valence-electron chi connectivity index (χ1n) is 8.77. The van der Waals surface area contributed by atoms with E-state index in [4.69, 9.17) is 4.74 Å². The summed E-state index contributed by atoms with van der Waals surface area (Å²) in [5, 5.41) is 3.92. The van der Waals surface area contributed by atoms with Crippen LogP contribution < -0.4 is 0 Å². The molecule has 0 saturated carbocycles. The number of hydrogen-bond donors (Lipinski definition) is 0. The Kier molecular flexibility index (Phi) is 6.51. The average Bonchev–Trinajstić information content (AvgIpc) is 2.95. The zero-order valence-electron chi connectivity index (χ0n) is 16.1. The van der Waals surface area contributed by atoms with E-state index < -0.39 is 5.60 Å². The molecular formula is C19H30BrN3O2. The van der Waals surface area contributed by atoms with Crippen molar-refractivity contribution >= 4 is 22.0 Å². The van der Waals surface area contributed by atoms with Gasteiger partial charge in [-0.3, -0.25) is 0 Å². The van der Waals surface area contributed by atoms with E-state index in [9.17, 15) is 4.79 Å². The Morgan fingerprint density at radius 2 is 2.04 bits per heavy atom. The summed E-state index contributed by atoms with van der Waals surface area (Å²) in [5.41, 5.74) is 0.557. The van der Waals surface area contributed by atoms with Crippen LogP contribution in [0.2, 0.25) is 0 Å². The van der Waals surface area contributed by atoms with Crippen LogP contribution in [0.1, 0.15) is 45.7 Å². The molecule has 140 valence electrons. The maximum absolute atomic E-state index is 13.0. The molecule has 1 aliphatic rings. The minimum atomic E-state index is -0.521. The van der Waals surface area contributed by atoms with E-state index in [2.05, 4.69) is 52.9 Å². The van der Waals surface area contributed by atoms with Crippen molar-refractivity contribution in [1.82, 2.24) is 14.9 Å². The quantitative estimate of drug-likeness (QED) is 0.739. The fourth-order valence-corrected chi connectivity index (χ4v) is 3.49. The van der Waals surface area contributed by atoms with Gasteiger partial charge in [-0.15, -0.1) is 0 Å². The van der Waals surface area contributed by atoms with Crippen molar-refractivity contribution in [1.29, 1.82) is 0 Å². The second-order valence-corrected chi connectivity index (χ2v) is 8.79. The Hall–Kier alpha value is -1.11. The van der Waals surface area contributed by atoms with Gasteiger partial charge in [0.15, 0.2) is 0 Å². The molecule has 6 heteroatoms. The van der Waals surface area contributed by atoms with Crippen LogP contribution >= 0.6 is 15.9 Å². The molecule has 1 aromatic carbocycles. The topological polar surface area (TPSA) is 36.0 Å². The highest BCUT2D eigenvalue weighted by atomic mass is 79.9. The molecule has 1 aliphatic heterocycles. The van der Waals surface area contributed by atoms with E-state index in [0.717, 1.165) is 29.5 Å². The van der Waals surface area contributed by atoms with Gasteiger partial charge in [-0.2, -0.15) is 0 Å². The second-order valence-electron chi connectivity index (χ2n) is 7.87. The van der Waals surface area contributed by atoms with Gasteiger partial charge in [0.2, 0.25) is 0 Å². The fourth-order valence-electron chi connectivity index (χ4n) is 3.08. The standard InChI is InChI=1S/C19H30BrN3O2/c1-14(15-8-7-9-16(20)12-15)23(18(24)25-19(2,3)4)22-11-10-17(13-22)21(5)6/h7-9,12,14,17H,10-11,13H2,1-6H3/t14-,17+/m0/s1. The molecule has 25 heavy (non-hydrogen) atoms. The van der Waals surface area contributed by atoms with Crippen LogP contribution in [-0.4, -0.2) is 59.8 Å². The van der Waals surface area contributed by atoms with Crippen molar-refractivity contribution in [3.8, 4) is 0 Å². The molecule has 0 spiro atoms. The number of halogens is 1. The molecular weight excluding hydrogens is 382 g/mol. The van der Waals surface area contributed by atoms with Gasteiger partial charge in [-0.25, -0.2) is 14.8 Å². The molecule has 0 unspecified atom stereocenters. The monoisotopic (exact) mass is 411 g/mol. The lowest BCUT2D eigenvalue weighted by molar-refractivity contribution is -0.0616. The molecule has 1 fully saturated rings. The van der Waals surface area contributed by atoms with Crippen molar-refractivity contribution in [3.05, 3.63) is 34.3 Å². The lowest BCUT2D eigenvalue weighted by Gasteiger charge is -2.38. The molecule has 0 radical (unpaired) electrons. The molecule has 2 atom stereocenters. The summed E-state index contributed by atoms with van der Waals surface area (Å²) in [6.07, 6.45) is 0.747. The van der Waals surface area contributed by atoms with E-state index in [1.54, 1.807) is 5.01 Å². The molecule has 5 nitrogen and oxygen atoms in total. The minimum Gasteiger partial charge on any atom is -0.443 e. The lowest BCUT2D eigenvalue weighted by atomic mass is 10.1.